The topological polar surface area (TPSA) is 124 Å². The lowest BCUT2D eigenvalue weighted by atomic mass is 10.2. The SMILES string of the molecule is CCCCOc1ccc(C(=O)NNC(=O)CCn2nnc3ccccc3c2=O)cc1OC. The summed E-state index contributed by atoms with van der Waals surface area (Å²) in [4.78, 5) is 36.9. The van der Waals surface area contributed by atoms with Crippen LogP contribution in [0.1, 0.15) is 36.5 Å². The van der Waals surface area contributed by atoms with Crippen LogP contribution in [0, 0.1) is 0 Å². The summed E-state index contributed by atoms with van der Waals surface area (Å²) >= 11 is 0. The van der Waals surface area contributed by atoms with Crippen LogP contribution in [0.15, 0.2) is 47.3 Å². The molecule has 1 heterocycles. The molecule has 0 unspecified atom stereocenters. The maximum atomic E-state index is 12.4. The number of aromatic nitrogens is 3. The van der Waals surface area contributed by atoms with E-state index >= 15 is 0 Å². The van der Waals surface area contributed by atoms with Gasteiger partial charge in [0.05, 0.1) is 25.6 Å². The van der Waals surface area contributed by atoms with Gasteiger partial charge in [0.2, 0.25) is 5.91 Å². The number of nitrogens with one attached hydrogen (secondary N) is 2. The Balaban J connectivity index is 1.54. The number of hydrogen-bond donors (Lipinski definition) is 2. The van der Waals surface area contributed by atoms with Crippen LogP contribution in [0.4, 0.5) is 0 Å². The van der Waals surface area contributed by atoms with Crippen LogP contribution in [-0.4, -0.2) is 40.5 Å². The third kappa shape index (κ3) is 5.60. The molecule has 10 heteroatoms. The molecule has 3 aromatic rings. The summed E-state index contributed by atoms with van der Waals surface area (Å²) in [7, 11) is 1.49. The molecular formula is C22H25N5O5. The number of benzene rings is 2. The zero-order valence-electron chi connectivity index (χ0n) is 18.0. The number of ether oxygens (including phenoxy) is 2. The zero-order chi connectivity index (χ0) is 22.9. The summed E-state index contributed by atoms with van der Waals surface area (Å²) in [6.45, 7) is 2.64. The highest BCUT2D eigenvalue weighted by Crippen LogP contribution is 2.28. The van der Waals surface area contributed by atoms with E-state index in [1.807, 2.05) is 0 Å². The van der Waals surface area contributed by atoms with Crippen LogP contribution < -0.4 is 25.9 Å². The second-order valence-corrected chi connectivity index (χ2v) is 6.95. The first-order chi connectivity index (χ1) is 15.5. The molecule has 0 aliphatic heterocycles. The third-order valence-corrected chi connectivity index (χ3v) is 4.68. The van der Waals surface area contributed by atoms with Gasteiger partial charge in [-0.3, -0.25) is 25.2 Å². The predicted octanol–water partition coefficient (Wildman–Crippen LogP) is 1.83. The molecule has 0 aliphatic rings. The minimum Gasteiger partial charge on any atom is -0.493 e. The molecule has 2 aromatic carbocycles. The molecule has 0 bridgehead atoms. The molecule has 0 atom stereocenters. The van der Waals surface area contributed by atoms with Crippen molar-refractivity contribution in [1.82, 2.24) is 25.8 Å². The van der Waals surface area contributed by atoms with Crippen molar-refractivity contribution in [3.8, 4) is 11.5 Å². The lowest BCUT2D eigenvalue weighted by molar-refractivity contribution is -0.122. The summed E-state index contributed by atoms with van der Waals surface area (Å²) in [6, 6.07) is 11.6. The highest BCUT2D eigenvalue weighted by atomic mass is 16.5. The number of fused-ring (bicyclic) bond motifs is 1. The second kappa shape index (κ2) is 10.9. The zero-order valence-corrected chi connectivity index (χ0v) is 18.0. The largest absolute Gasteiger partial charge is 0.493 e. The molecule has 0 fully saturated rings. The maximum Gasteiger partial charge on any atom is 0.277 e. The number of methoxy groups -OCH3 is 1. The van der Waals surface area contributed by atoms with E-state index in [0.717, 1.165) is 17.5 Å². The maximum absolute atomic E-state index is 12.4. The average molecular weight is 439 g/mol. The fourth-order valence-electron chi connectivity index (χ4n) is 2.89. The molecule has 3 rings (SSSR count). The number of rotatable bonds is 9. The van der Waals surface area contributed by atoms with Crippen molar-refractivity contribution in [2.24, 2.45) is 0 Å². The number of nitrogens with zero attached hydrogens (tertiary/aromatic N) is 3. The minimum atomic E-state index is -0.514. The molecule has 0 saturated heterocycles. The summed E-state index contributed by atoms with van der Waals surface area (Å²) in [5.74, 6) is -0.0241. The third-order valence-electron chi connectivity index (χ3n) is 4.68. The Labute approximate surface area is 184 Å². The number of hydrazine groups is 1. The van der Waals surface area contributed by atoms with Crippen LogP contribution in [0.2, 0.25) is 0 Å². The highest BCUT2D eigenvalue weighted by Gasteiger charge is 2.13. The fraction of sp³-hybridized carbons (Fsp3) is 0.318. The van der Waals surface area contributed by atoms with Crippen molar-refractivity contribution in [3.05, 3.63) is 58.4 Å². The number of hydrogen-bond acceptors (Lipinski definition) is 7. The summed E-state index contributed by atoms with van der Waals surface area (Å²) in [6.07, 6.45) is 1.85. The minimum absolute atomic E-state index is 0.0238. The Morgan fingerprint density at radius 1 is 1.09 bits per heavy atom. The van der Waals surface area contributed by atoms with E-state index in [9.17, 15) is 14.4 Å². The average Bonchev–Trinajstić information content (AvgIpc) is 2.82. The van der Waals surface area contributed by atoms with Gasteiger partial charge in [-0.15, -0.1) is 5.10 Å². The van der Waals surface area contributed by atoms with E-state index in [-0.39, 0.29) is 18.5 Å². The van der Waals surface area contributed by atoms with Crippen LogP contribution >= 0.6 is 0 Å². The predicted molar refractivity (Wildman–Crippen MR) is 117 cm³/mol. The summed E-state index contributed by atoms with van der Waals surface area (Å²) in [5.41, 5.74) is 5.12. The quantitative estimate of drug-likeness (QED) is 0.385. The number of amides is 2. The molecule has 10 nitrogen and oxygen atoms in total. The Bertz CT molecular complexity index is 1160. The first-order valence-corrected chi connectivity index (χ1v) is 10.3. The van der Waals surface area contributed by atoms with Gasteiger partial charge in [0, 0.05) is 12.0 Å². The molecule has 2 N–H and O–H groups in total. The van der Waals surface area contributed by atoms with Crippen LogP contribution in [0.5, 0.6) is 11.5 Å². The van der Waals surface area contributed by atoms with Gasteiger partial charge in [-0.05, 0) is 36.8 Å². The lowest BCUT2D eigenvalue weighted by Gasteiger charge is -2.12. The van der Waals surface area contributed by atoms with E-state index in [4.69, 9.17) is 9.47 Å². The van der Waals surface area contributed by atoms with E-state index in [0.29, 0.717) is 34.6 Å². The Morgan fingerprint density at radius 3 is 2.69 bits per heavy atom. The van der Waals surface area contributed by atoms with Gasteiger partial charge in [-0.2, -0.15) is 0 Å². The molecule has 0 aliphatic carbocycles. The Kier molecular flexibility index (Phi) is 7.74. The summed E-state index contributed by atoms with van der Waals surface area (Å²) in [5, 5.41) is 8.23. The van der Waals surface area contributed by atoms with Gasteiger partial charge in [0.25, 0.3) is 11.5 Å². The monoisotopic (exact) mass is 439 g/mol. The van der Waals surface area contributed by atoms with Crippen LogP contribution in [0.25, 0.3) is 10.9 Å². The van der Waals surface area contributed by atoms with Crippen LogP contribution in [-0.2, 0) is 11.3 Å². The Hall–Kier alpha value is -3.95. The highest BCUT2D eigenvalue weighted by molar-refractivity contribution is 5.96. The van der Waals surface area contributed by atoms with E-state index in [2.05, 4.69) is 28.1 Å². The van der Waals surface area contributed by atoms with Crippen molar-refractivity contribution >= 4 is 22.7 Å². The van der Waals surface area contributed by atoms with Crippen LogP contribution in [0.3, 0.4) is 0 Å². The van der Waals surface area contributed by atoms with Crippen molar-refractivity contribution in [2.75, 3.05) is 13.7 Å². The number of carbonyl (C=O) groups is 2. The van der Waals surface area contributed by atoms with Gasteiger partial charge in [0.1, 0.15) is 5.52 Å². The first-order valence-electron chi connectivity index (χ1n) is 10.3. The van der Waals surface area contributed by atoms with E-state index in [1.54, 1.807) is 36.4 Å². The summed E-state index contributed by atoms with van der Waals surface area (Å²) < 4.78 is 12.0. The van der Waals surface area contributed by atoms with Gasteiger partial charge in [0.15, 0.2) is 11.5 Å². The van der Waals surface area contributed by atoms with Gasteiger partial charge in [-0.25, -0.2) is 4.68 Å². The van der Waals surface area contributed by atoms with Crippen molar-refractivity contribution < 1.29 is 19.1 Å². The first kappa shape index (κ1) is 22.7. The van der Waals surface area contributed by atoms with E-state index in [1.165, 1.54) is 13.2 Å². The number of aryl methyl sites for hydroxylation is 1. The number of carbonyl (C=O) groups excluding carboxylic acids is 2. The molecular weight excluding hydrogens is 414 g/mol. The number of unbranched alkanes of at least 4 members (excludes halogenated alkanes) is 1. The van der Waals surface area contributed by atoms with Crippen molar-refractivity contribution in [1.29, 1.82) is 0 Å². The molecule has 1 aromatic heterocycles. The second-order valence-electron chi connectivity index (χ2n) is 6.95. The molecule has 0 saturated carbocycles. The van der Waals surface area contributed by atoms with Gasteiger partial charge < -0.3 is 9.47 Å². The fourth-order valence-corrected chi connectivity index (χ4v) is 2.89. The van der Waals surface area contributed by atoms with E-state index < -0.39 is 11.8 Å². The normalized spacial score (nSPS) is 10.6. The molecule has 32 heavy (non-hydrogen) atoms. The van der Waals surface area contributed by atoms with Gasteiger partial charge in [-0.1, -0.05) is 30.7 Å². The molecule has 2 amide bonds. The molecule has 168 valence electrons. The molecule has 0 spiro atoms. The van der Waals surface area contributed by atoms with Crippen molar-refractivity contribution in [3.63, 3.8) is 0 Å². The van der Waals surface area contributed by atoms with Gasteiger partial charge >= 0.3 is 0 Å². The Morgan fingerprint density at radius 2 is 1.91 bits per heavy atom. The molecule has 0 radical (unpaired) electrons. The smallest absolute Gasteiger partial charge is 0.277 e. The standard InChI is InChI=1S/C22H25N5O5/c1-3-4-13-32-18-10-9-15(14-19(18)31-2)21(29)25-24-20(28)11-12-27-22(30)16-7-5-6-8-17(16)23-26-27/h5-10,14H,3-4,11-13H2,1-2H3,(H,24,28)(H,25,29). The van der Waals surface area contributed by atoms with Crippen molar-refractivity contribution in [2.45, 2.75) is 32.7 Å². The lowest BCUT2D eigenvalue weighted by Crippen LogP contribution is -2.42.